The fourth-order valence-electron chi connectivity index (χ4n) is 2.09. The molecule has 3 rings (SSSR count). The molecular weight excluding hydrogens is 228 g/mol. The molecule has 2 heterocycles. The molecule has 1 N–H and O–H groups in total. The molecule has 1 aromatic carbocycles. The average molecular weight is 244 g/mol. The second-order valence-electron chi connectivity index (χ2n) is 4.40. The highest BCUT2D eigenvalue weighted by molar-refractivity contribution is 5.30. The van der Waals surface area contributed by atoms with Crippen molar-refractivity contribution in [3.8, 4) is 11.6 Å². The molecule has 5 nitrogen and oxygen atoms in total. The van der Waals surface area contributed by atoms with E-state index in [1.54, 1.807) is 4.68 Å². The van der Waals surface area contributed by atoms with Crippen LogP contribution >= 0.6 is 0 Å². The normalized spacial score (nSPS) is 16.7. The van der Waals surface area contributed by atoms with Gasteiger partial charge in [0.2, 0.25) is 0 Å². The van der Waals surface area contributed by atoms with Gasteiger partial charge in [0.05, 0.1) is 11.9 Å². The van der Waals surface area contributed by atoms with Crippen molar-refractivity contribution in [2.45, 2.75) is 18.9 Å². The second kappa shape index (κ2) is 5.18. The van der Waals surface area contributed by atoms with Gasteiger partial charge >= 0.3 is 0 Å². The van der Waals surface area contributed by atoms with Gasteiger partial charge in [-0.2, -0.15) is 0 Å². The maximum absolute atomic E-state index is 5.82. The van der Waals surface area contributed by atoms with E-state index in [0.29, 0.717) is 5.88 Å². The first kappa shape index (κ1) is 11.2. The highest BCUT2D eigenvalue weighted by atomic mass is 16.5. The highest BCUT2D eigenvalue weighted by Gasteiger charge is 2.16. The number of nitrogens with zero attached hydrogens (tertiary/aromatic N) is 3. The molecule has 0 aliphatic carbocycles. The zero-order valence-corrected chi connectivity index (χ0v) is 10.1. The van der Waals surface area contributed by atoms with Crippen molar-refractivity contribution in [3.05, 3.63) is 36.5 Å². The summed E-state index contributed by atoms with van der Waals surface area (Å²) >= 11 is 0. The predicted molar refractivity (Wildman–Crippen MR) is 67.9 cm³/mol. The fourth-order valence-corrected chi connectivity index (χ4v) is 2.09. The van der Waals surface area contributed by atoms with Gasteiger partial charge in [-0.1, -0.05) is 28.5 Å². The van der Waals surface area contributed by atoms with Crippen LogP contribution in [-0.4, -0.2) is 34.2 Å². The molecule has 0 bridgehead atoms. The van der Waals surface area contributed by atoms with E-state index in [4.69, 9.17) is 4.74 Å². The lowest BCUT2D eigenvalue weighted by atomic mass is 10.1. The number of rotatable bonds is 3. The van der Waals surface area contributed by atoms with Gasteiger partial charge < -0.3 is 10.1 Å². The second-order valence-corrected chi connectivity index (χ2v) is 4.40. The molecule has 1 aromatic heterocycles. The van der Waals surface area contributed by atoms with Crippen LogP contribution in [0.4, 0.5) is 0 Å². The number of hydrogen-bond donors (Lipinski definition) is 1. The van der Waals surface area contributed by atoms with E-state index in [1.807, 2.05) is 36.5 Å². The van der Waals surface area contributed by atoms with Crippen LogP contribution in [0.25, 0.3) is 5.69 Å². The molecule has 0 amide bonds. The minimum Gasteiger partial charge on any atom is -0.472 e. The molecule has 5 heteroatoms. The first-order valence-electron chi connectivity index (χ1n) is 6.27. The minimum absolute atomic E-state index is 0.257. The zero-order valence-electron chi connectivity index (χ0n) is 10.1. The zero-order chi connectivity index (χ0) is 12.2. The molecule has 1 aliphatic rings. The summed E-state index contributed by atoms with van der Waals surface area (Å²) in [4.78, 5) is 0. The Labute approximate surface area is 106 Å². The Kier molecular flexibility index (Phi) is 3.23. The standard InChI is InChI=1S/C13H16N4O/c1-2-4-11(5-3-1)17-10-13(15-16-17)18-12-6-8-14-9-7-12/h1-5,10,12,14H,6-9H2. The van der Waals surface area contributed by atoms with Crippen molar-refractivity contribution in [1.29, 1.82) is 0 Å². The summed E-state index contributed by atoms with van der Waals surface area (Å²) in [6.07, 6.45) is 4.14. The van der Waals surface area contributed by atoms with Gasteiger partial charge in [-0.3, -0.25) is 0 Å². The van der Waals surface area contributed by atoms with E-state index >= 15 is 0 Å². The fraction of sp³-hybridized carbons (Fsp3) is 0.385. The quantitative estimate of drug-likeness (QED) is 0.886. The first-order valence-corrected chi connectivity index (χ1v) is 6.27. The van der Waals surface area contributed by atoms with Crippen LogP contribution in [0.5, 0.6) is 5.88 Å². The molecule has 1 saturated heterocycles. The Morgan fingerprint density at radius 3 is 2.72 bits per heavy atom. The number of para-hydroxylation sites is 1. The van der Waals surface area contributed by atoms with Crippen molar-refractivity contribution in [2.75, 3.05) is 13.1 Å². The van der Waals surface area contributed by atoms with Crippen LogP contribution in [0.2, 0.25) is 0 Å². The number of piperidine rings is 1. The summed E-state index contributed by atoms with van der Waals surface area (Å²) in [5.74, 6) is 0.603. The Morgan fingerprint density at radius 2 is 1.94 bits per heavy atom. The number of nitrogens with one attached hydrogen (secondary N) is 1. The summed E-state index contributed by atoms with van der Waals surface area (Å²) in [5, 5.41) is 11.4. The van der Waals surface area contributed by atoms with E-state index in [-0.39, 0.29) is 6.10 Å². The number of ether oxygens (including phenoxy) is 1. The van der Waals surface area contributed by atoms with E-state index < -0.39 is 0 Å². The smallest absolute Gasteiger partial charge is 0.254 e. The third kappa shape index (κ3) is 2.51. The molecule has 1 fully saturated rings. The van der Waals surface area contributed by atoms with Crippen molar-refractivity contribution in [1.82, 2.24) is 20.3 Å². The van der Waals surface area contributed by atoms with Crippen LogP contribution in [0.15, 0.2) is 36.5 Å². The monoisotopic (exact) mass is 244 g/mol. The molecular formula is C13H16N4O. The lowest BCUT2D eigenvalue weighted by molar-refractivity contribution is 0.155. The Balaban J connectivity index is 1.69. The lowest BCUT2D eigenvalue weighted by Gasteiger charge is -2.22. The van der Waals surface area contributed by atoms with E-state index in [1.165, 1.54) is 0 Å². The lowest BCUT2D eigenvalue weighted by Crippen LogP contribution is -2.34. The van der Waals surface area contributed by atoms with Crippen LogP contribution < -0.4 is 10.1 Å². The van der Waals surface area contributed by atoms with Crippen LogP contribution in [0, 0.1) is 0 Å². The van der Waals surface area contributed by atoms with Crippen LogP contribution in [0.3, 0.4) is 0 Å². The molecule has 0 unspecified atom stereocenters. The highest BCUT2D eigenvalue weighted by Crippen LogP contribution is 2.15. The van der Waals surface area contributed by atoms with Crippen LogP contribution in [-0.2, 0) is 0 Å². The molecule has 1 aliphatic heterocycles. The summed E-state index contributed by atoms with van der Waals surface area (Å²) < 4.78 is 7.56. The molecule has 0 radical (unpaired) electrons. The maximum atomic E-state index is 5.82. The van der Waals surface area contributed by atoms with Crippen LogP contribution in [0.1, 0.15) is 12.8 Å². The van der Waals surface area contributed by atoms with Gasteiger partial charge in [-0.15, -0.1) is 0 Å². The van der Waals surface area contributed by atoms with Crippen molar-refractivity contribution in [2.24, 2.45) is 0 Å². The third-order valence-corrected chi connectivity index (χ3v) is 3.07. The Bertz CT molecular complexity index is 491. The topological polar surface area (TPSA) is 52.0 Å². The van der Waals surface area contributed by atoms with E-state index in [0.717, 1.165) is 31.6 Å². The van der Waals surface area contributed by atoms with Gasteiger partial charge in [0.15, 0.2) is 0 Å². The number of hydrogen-bond acceptors (Lipinski definition) is 4. The van der Waals surface area contributed by atoms with Gasteiger partial charge in [-0.25, -0.2) is 4.68 Å². The number of aromatic nitrogens is 3. The largest absolute Gasteiger partial charge is 0.472 e. The number of benzene rings is 1. The average Bonchev–Trinajstić information content (AvgIpc) is 2.89. The van der Waals surface area contributed by atoms with Gasteiger partial charge in [0, 0.05) is 0 Å². The van der Waals surface area contributed by atoms with Gasteiger partial charge in [-0.05, 0) is 38.1 Å². The predicted octanol–water partition coefficient (Wildman–Crippen LogP) is 1.40. The molecule has 2 aromatic rings. The van der Waals surface area contributed by atoms with E-state index in [9.17, 15) is 0 Å². The molecule has 94 valence electrons. The summed E-state index contributed by atoms with van der Waals surface area (Å²) in [5.41, 5.74) is 0.991. The first-order chi connectivity index (χ1) is 8.92. The van der Waals surface area contributed by atoms with Crippen molar-refractivity contribution in [3.63, 3.8) is 0 Å². The Morgan fingerprint density at radius 1 is 1.17 bits per heavy atom. The van der Waals surface area contributed by atoms with Gasteiger partial charge in [0.25, 0.3) is 5.88 Å². The van der Waals surface area contributed by atoms with Crippen molar-refractivity contribution < 1.29 is 4.74 Å². The molecule has 18 heavy (non-hydrogen) atoms. The maximum Gasteiger partial charge on any atom is 0.254 e. The molecule has 0 spiro atoms. The summed E-state index contributed by atoms with van der Waals surface area (Å²) in [6.45, 7) is 2.02. The molecule has 0 atom stereocenters. The van der Waals surface area contributed by atoms with Crippen molar-refractivity contribution >= 4 is 0 Å². The van der Waals surface area contributed by atoms with E-state index in [2.05, 4.69) is 15.6 Å². The minimum atomic E-state index is 0.257. The Hall–Kier alpha value is -1.88. The molecule has 0 saturated carbocycles. The van der Waals surface area contributed by atoms with Gasteiger partial charge in [0.1, 0.15) is 6.10 Å². The third-order valence-electron chi connectivity index (χ3n) is 3.07. The summed E-state index contributed by atoms with van der Waals surface area (Å²) in [7, 11) is 0. The SMILES string of the molecule is c1ccc(-n2cc(OC3CCNCC3)nn2)cc1. The summed E-state index contributed by atoms with van der Waals surface area (Å²) in [6, 6.07) is 9.91.